The van der Waals surface area contributed by atoms with Gasteiger partial charge in [-0.2, -0.15) is 0 Å². The van der Waals surface area contributed by atoms with Crippen LogP contribution >= 0.6 is 0 Å². The number of ketones is 1. The fraction of sp³-hybridized carbons (Fsp3) is 0.500. The number of amides is 2. The Morgan fingerprint density at radius 2 is 2.00 bits per heavy atom. The summed E-state index contributed by atoms with van der Waals surface area (Å²) in [4.78, 5) is 40.3. The van der Waals surface area contributed by atoms with Crippen LogP contribution in [0.15, 0.2) is 6.07 Å². The van der Waals surface area contributed by atoms with Gasteiger partial charge in [-0.3, -0.25) is 24.6 Å². The average molecular weight is 277 g/mol. The molecule has 1 aliphatic heterocycles. The molecule has 0 spiro atoms. The number of hydrogen-bond donors (Lipinski definition) is 2. The highest BCUT2D eigenvalue weighted by atomic mass is 16.2. The summed E-state index contributed by atoms with van der Waals surface area (Å²) in [5, 5.41) is 2.29. The molecule has 2 rings (SSSR count). The summed E-state index contributed by atoms with van der Waals surface area (Å²) >= 11 is 0. The van der Waals surface area contributed by atoms with E-state index in [0.717, 1.165) is 11.4 Å². The standard InChI is InChI=1S/C14H19N3O3/c1-8-5-10(9(2)15-8)11(18)6-17-7-12(19)16-13(20)14(17,3)4/h5,15H,6-7H2,1-4H3,(H,16,19,20). The molecule has 0 atom stereocenters. The molecular weight excluding hydrogens is 258 g/mol. The number of Topliss-reactive ketones (excluding diaryl/α,β-unsaturated/α-hetero) is 1. The van der Waals surface area contributed by atoms with E-state index in [0.29, 0.717) is 5.56 Å². The molecule has 1 aromatic rings. The maximum absolute atomic E-state index is 12.3. The number of aryl methyl sites for hydroxylation is 2. The molecule has 2 amide bonds. The molecule has 2 heterocycles. The lowest BCUT2D eigenvalue weighted by atomic mass is 9.97. The van der Waals surface area contributed by atoms with Gasteiger partial charge in [0.2, 0.25) is 11.8 Å². The third-order valence-corrected chi connectivity index (χ3v) is 3.72. The zero-order valence-electron chi connectivity index (χ0n) is 12.2. The Kier molecular flexibility index (Phi) is 3.52. The van der Waals surface area contributed by atoms with Gasteiger partial charge in [-0.05, 0) is 33.8 Å². The zero-order valence-corrected chi connectivity index (χ0v) is 12.2. The van der Waals surface area contributed by atoms with E-state index in [1.165, 1.54) is 0 Å². The lowest BCUT2D eigenvalue weighted by molar-refractivity contribution is -0.144. The number of nitrogens with one attached hydrogen (secondary N) is 2. The van der Waals surface area contributed by atoms with Gasteiger partial charge >= 0.3 is 0 Å². The second kappa shape index (κ2) is 4.86. The molecule has 20 heavy (non-hydrogen) atoms. The summed E-state index contributed by atoms with van der Waals surface area (Å²) in [6.45, 7) is 7.22. The number of aromatic nitrogens is 1. The van der Waals surface area contributed by atoms with E-state index in [9.17, 15) is 14.4 Å². The molecule has 1 fully saturated rings. The van der Waals surface area contributed by atoms with E-state index in [1.54, 1.807) is 24.8 Å². The fourth-order valence-corrected chi connectivity index (χ4v) is 2.36. The molecule has 0 unspecified atom stereocenters. The monoisotopic (exact) mass is 277 g/mol. The Labute approximate surface area is 117 Å². The van der Waals surface area contributed by atoms with Crippen LogP contribution in [0.3, 0.4) is 0 Å². The summed E-state index contributed by atoms with van der Waals surface area (Å²) in [5.41, 5.74) is 1.45. The van der Waals surface area contributed by atoms with E-state index in [4.69, 9.17) is 0 Å². The Morgan fingerprint density at radius 3 is 2.55 bits per heavy atom. The Balaban J connectivity index is 2.20. The van der Waals surface area contributed by atoms with Gasteiger partial charge in [0.05, 0.1) is 18.6 Å². The average Bonchev–Trinajstić information content (AvgIpc) is 2.65. The largest absolute Gasteiger partial charge is 0.362 e. The third kappa shape index (κ3) is 2.51. The number of hydrogen-bond acceptors (Lipinski definition) is 4. The van der Waals surface area contributed by atoms with Gasteiger partial charge in [-0.1, -0.05) is 0 Å². The van der Waals surface area contributed by atoms with Crippen molar-refractivity contribution in [3.05, 3.63) is 23.0 Å². The fourth-order valence-electron chi connectivity index (χ4n) is 2.36. The van der Waals surface area contributed by atoms with E-state index in [1.807, 2.05) is 13.8 Å². The predicted molar refractivity (Wildman–Crippen MR) is 73.4 cm³/mol. The SMILES string of the molecule is Cc1cc(C(=O)CN2CC(=O)NC(=O)C2(C)C)c(C)[nH]1. The molecule has 0 aliphatic carbocycles. The van der Waals surface area contributed by atoms with Gasteiger partial charge in [-0.25, -0.2) is 0 Å². The van der Waals surface area contributed by atoms with Gasteiger partial charge in [0.25, 0.3) is 0 Å². The highest BCUT2D eigenvalue weighted by Gasteiger charge is 2.41. The minimum atomic E-state index is -0.872. The molecule has 108 valence electrons. The molecule has 6 heteroatoms. The van der Waals surface area contributed by atoms with Crippen LogP contribution in [0.25, 0.3) is 0 Å². The highest BCUT2D eigenvalue weighted by Crippen LogP contribution is 2.19. The normalized spacial score (nSPS) is 19.0. The number of aromatic amines is 1. The van der Waals surface area contributed by atoms with Crippen molar-refractivity contribution >= 4 is 17.6 Å². The van der Waals surface area contributed by atoms with Crippen molar-refractivity contribution in [2.24, 2.45) is 0 Å². The van der Waals surface area contributed by atoms with Crippen LogP contribution in [-0.4, -0.2) is 46.1 Å². The van der Waals surface area contributed by atoms with Crippen LogP contribution in [-0.2, 0) is 9.59 Å². The first-order valence-corrected chi connectivity index (χ1v) is 6.50. The summed E-state index contributed by atoms with van der Waals surface area (Å²) in [6, 6.07) is 1.79. The van der Waals surface area contributed by atoms with Gasteiger partial charge < -0.3 is 4.98 Å². The van der Waals surface area contributed by atoms with Crippen molar-refractivity contribution in [3.63, 3.8) is 0 Å². The number of piperazine rings is 1. The number of imide groups is 1. The van der Waals surface area contributed by atoms with Crippen molar-refractivity contribution in [2.45, 2.75) is 33.2 Å². The summed E-state index contributed by atoms with van der Waals surface area (Å²) in [7, 11) is 0. The predicted octanol–water partition coefficient (Wildman–Crippen LogP) is 0.551. The first kappa shape index (κ1) is 14.5. The molecular formula is C14H19N3O3. The molecule has 0 bridgehead atoms. The van der Waals surface area contributed by atoms with Crippen molar-refractivity contribution in [2.75, 3.05) is 13.1 Å². The molecule has 2 N–H and O–H groups in total. The number of nitrogens with zero attached hydrogens (tertiary/aromatic N) is 1. The third-order valence-electron chi connectivity index (χ3n) is 3.72. The molecule has 1 aliphatic rings. The summed E-state index contributed by atoms with van der Waals surface area (Å²) in [5.74, 6) is -0.838. The van der Waals surface area contributed by atoms with Crippen LogP contribution in [0.1, 0.15) is 35.6 Å². The van der Waals surface area contributed by atoms with Gasteiger partial charge in [0, 0.05) is 17.0 Å². The zero-order chi connectivity index (χ0) is 15.1. The first-order chi connectivity index (χ1) is 9.21. The maximum atomic E-state index is 12.3. The molecule has 1 saturated heterocycles. The Hall–Kier alpha value is -1.95. The highest BCUT2D eigenvalue weighted by molar-refractivity contribution is 6.05. The van der Waals surface area contributed by atoms with Gasteiger partial charge in [0.15, 0.2) is 5.78 Å². The Morgan fingerprint density at radius 1 is 1.35 bits per heavy atom. The smallest absolute Gasteiger partial charge is 0.246 e. The van der Waals surface area contributed by atoms with Gasteiger partial charge in [0.1, 0.15) is 0 Å². The van der Waals surface area contributed by atoms with E-state index < -0.39 is 5.54 Å². The van der Waals surface area contributed by atoms with E-state index >= 15 is 0 Å². The van der Waals surface area contributed by atoms with Crippen LogP contribution < -0.4 is 5.32 Å². The van der Waals surface area contributed by atoms with Crippen molar-refractivity contribution < 1.29 is 14.4 Å². The van der Waals surface area contributed by atoms with Crippen molar-refractivity contribution in [1.29, 1.82) is 0 Å². The first-order valence-electron chi connectivity index (χ1n) is 6.50. The minimum absolute atomic E-state index is 0.0459. The number of rotatable bonds is 3. The van der Waals surface area contributed by atoms with Crippen LogP contribution in [0.4, 0.5) is 0 Å². The quantitative estimate of drug-likeness (QED) is 0.624. The topological polar surface area (TPSA) is 82.3 Å². The van der Waals surface area contributed by atoms with Crippen molar-refractivity contribution in [1.82, 2.24) is 15.2 Å². The second-order valence-corrected chi connectivity index (χ2v) is 5.71. The number of carbonyl (C=O) groups excluding carboxylic acids is 3. The minimum Gasteiger partial charge on any atom is -0.362 e. The molecule has 6 nitrogen and oxygen atoms in total. The Bertz CT molecular complexity index is 586. The molecule has 1 aromatic heterocycles. The lowest BCUT2D eigenvalue weighted by Crippen LogP contribution is -2.64. The second-order valence-electron chi connectivity index (χ2n) is 5.71. The molecule has 0 aromatic carbocycles. The molecule has 0 saturated carbocycles. The summed E-state index contributed by atoms with van der Waals surface area (Å²) < 4.78 is 0. The van der Waals surface area contributed by atoms with E-state index in [2.05, 4.69) is 10.3 Å². The van der Waals surface area contributed by atoms with Crippen molar-refractivity contribution in [3.8, 4) is 0 Å². The number of H-pyrrole nitrogens is 1. The lowest BCUT2D eigenvalue weighted by Gasteiger charge is -2.39. The van der Waals surface area contributed by atoms with Gasteiger partial charge in [-0.15, -0.1) is 0 Å². The molecule has 0 radical (unpaired) electrons. The number of carbonyl (C=O) groups is 3. The maximum Gasteiger partial charge on any atom is 0.246 e. The van der Waals surface area contributed by atoms with Crippen LogP contribution in [0.5, 0.6) is 0 Å². The van der Waals surface area contributed by atoms with E-state index in [-0.39, 0.29) is 30.7 Å². The summed E-state index contributed by atoms with van der Waals surface area (Å²) in [6.07, 6.45) is 0. The van der Waals surface area contributed by atoms with Crippen LogP contribution in [0, 0.1) is 13.8 Å². The van der Waals surface area contributed by atoms with Crippen LogP contribution in [0.2, 0.25) is 0 Å².